The summed E-state index contributed by atoms with van der Waals surface area (Å²) in [5.74, 6) is -3.23. The molecule has 1 aliphatic heterocycles. The Hall–Kier alpha value is -3.01. The number of pyridine rings is 1. The number of hydroxylamine groups is 2. The van der Waals surface area contributed by atoms with E-state index in [9.17, 15) is 19.5 Å². The van der Waals surface area contributed by atoms with Gasteiger partial charge in [-0.3, -0.25) is 14.4 Å². The molecule has 1 aliphatic carbocycles. The molecule has 1 atom stereocenters. The number of halogens is 2. The van der Waals surface area contributed by atoms with Gasteiger partial charge in [0.1, 0.15) is 11.3 Å². The second-order valence-electron chi connectivity index (χ2n) is 10.2. The van der Waals surface area contributed by atoms with Crippen molar-refractivity contribution in [2.45, 2.75) is 58.6 Å². The monoisotopic (exact) mass is 477 g/mol. The summed E-state index contributed by atoms with van der Waals surface area (Å²) in [6.07, 6.45) is 3.82. The summed E-state index contributed by atoms with van der Waals surface area (Å²) in [4.78, 5) is 43.1. The first-order valence-corrected chi connectivity index (χ1v) is 11.4. The number of aryl methyl sites for hydroxylation is 1. The van der Waals surface area contributed by atoms with E-state index in [4.69, 9.17) is 4.84 Å². The van der Waals surface area contributed by atoms with Crippen molar-refractivity contribution in [3.8, 4) is 0 Å². The van der Waals surface area contributed by atoms with Crippen LogP contribution in [0.25, 0.3) is 10.9 Å². The van der Waals surface area contributed by atoms with Gasteiger partial charge in [0.25, 0.3) is 0 Å². The lowest BCUT2D eigenvalue weighted by molar-refractivity contribution is -0.219. The molecule has 2 heterocycles. The summed E-state index contributed by atoms with van der Waals surface area (Å²) in [5.41, 5.74) is -2.29. The van der Waals surface area contributed by atoms with Crippen LogP contribution in [0.3, 0.4) is 0 Å². The SMILES string of the molecule is Cc1c(F)c(N2CCC(CN(C=O)OC(C)(C)C)C2)c(F)c2c1c(=O)c(C(=O)O)cn2C1CC1. The lowest BCUT2D eigenvalue weighted by Crippen LogP contribution is -2.37. The fraction of sp³-hybridized carbons (Fsp3) is 0.542. The van der Waals surface area contributed by atoms with Crippen LogP contribution in [0.15, 0.2) is 11.0 Å². The third-order valence-corrected chi connectivity index (χ3v) is 6.28. The maximum absolute atomic E-state index is 15.9. The van der Waals surface area contributed by atoms with Crippen LogP contribution in [-0.4, -0.2) is 52.4 Å². The number of anilines is 1. The number of fused-ring (bicyclic) bond motifs is 1. The first-order valence-electron chi connectivity index (χ1n) is 11.4. The molecule has 1 aromatic heterocycles. The van der Waals surface area contributed by atoms with Gasteiger partial charge in [-0.15, -0.1) is 0 Å². The van der Waals surface area contributed by atoms with E-state index in [0.717, 1.165) is 12.8 Å². The first-order chi connectivity index (χ1) is 15.9. The molecule has 4 rings (SSSR count). The van der Waals surface area contributed by atoms with Crippen LogP contribution in [0.2, 0.25) is 0 Å². The molecule has 1 aromatic carbocycles. The molecule has 2 aromatic rings. The molecule has 2 aliphatic rings. The molecule has 34 heavy (non-hydrogen) atoms. The highest BCUT2D eigenvalue weighted by Crippen LogP contribution is 2.41. The van der Waals surface area contributed by atoms with E-state index in [0.29, 0.717) is 25.9 Å². The molecule has 1 saturated heterocycles. The Morgan fingerprint density at radius 1 is 1.26 bits per heavy atom. The Labute approximate surface area is 195 Å². The van der Waals surface area contributed by atoms with Gasteiger partial charge in [0.2, 0.25) is 11.8 Å². The van der Waals surface area contributed by atoms with E-state index in [1.165, 1.54) is 22.8 Å². The van der Waals surface area contributed by atoms with Crippen molar-refractivity contribution in [3.63, 3.8) is 0 Å². The molecular weight excluding hydrogens is 448 g/mol. The fourth-order valence-electron chi connectivity index (χ4n) is 4.66. The maximum Gasteiger partial charge on any atom is 0.341 e. The number of carboxylic acid groups (broad SMARTS) is 1. The number of benzene rings is 1. The predicted molar refractivity (Wildman–Crippen MR) is 122 cm³/mol. The molecule has 10 heteroatoms. The predicted octanol–water partition coefficient (Wildman–Crippen LogP) is 3.64. The Morgan fingerprint density at radius 2 is 1.94 bits per heavy atom. The summed E-state index contributed by atoms with van der Waals surface area (Å²) < 4.78 is 32.9. The molecule has 1 N–H and O–H groups in total. The van der Waals surface area contributed by atoms with Gasteiger partial charge in [-0.2, -0.15) is 0 Å². The van der Waals surface area contributed by atoms with Crippen molar-refractivity contribution in [3.05, 3.63) is 39.2 Å². The van der Waals surface area contributed by atoms with Crippen LogP contribution in [0.4, 0.5) is 14.5 Å². The van der Waals surface area contributed by atoms with E-state index in [1.54, 1.807) is 4.90 Å². The van der Waals surface area contributed by atoms with E-state index < -0.39 is 34.2 Å². The molecule has 0 spiro atoms. The van der Waals surface area contributed by atoms with Crippen molar-refractivity contribution >= 4 is 29.0 Å². The first kappa shape index (κ1) is 24.1. The number of hydrogen-bond acceptors (Lipinski definition) is 5. The third-order valence-electron chi connectivity index (χ3n) is 6.28. The number of amides is 1. The van der Waals surface area contributed by atoms with Crippen molar-refractivity contribution < 1.29 is 28.3 Å². The Morgan fingerprint density at radius 3 is 2.50 bits per heavy atom. The number of carbonyl (C=O) groups is 2. The van der Waals surface area contributed by atoms with Gasteiger partial charge in [-0.05, 0) is 52.9 Å². The molecule has 8 nitrogen and oxygen atoms in total. The molecular formula is C24H29F2N3O5. The van der Waals surface area contributed by atoms with E-state index in [1.807, 2.05) is 20.8 Å². The number of aromatic carboxylic acids is 1. The van der Waals surface area contributed by atoms with Crippen LogP contribution < -0.4 is 10.3 Å². The number of carbonyl (C=O) groups excluding carboxylic acids is 1. The minimum atomic E-state index is -1.43. The minimum absolute atomic E-state index is 0.0552. The number of nitrogens with zero attached hydrogens (tertiary/aromatic N) is 3. The van der Waals surface area contributed by atoms with Crippen molar-refractivity contribution in [1.82, 2.24) is 9.63 Å². The topological polar surface area (TPSA) is 92.1 Å². The van der Waals surface area contributed by atoms with Gasteiger partial charge in [0.15, 0.2) is 11.6 Å². The van der Waals surface area contributed by atoms with Crippen LogP contribution in [0, 0.1) is 24.5 Å². The number of carboxylic acids is 1. The largest absolute Gasteiger partial charge is 0.477 e. The zero-order chi connectivity index (χ0) is 24.9. The molecule has 1 amide bonds. The fourth-order valence-corrected chi connectivity index (χ4v) is 4.66. The second-order valence-corrected chi connectivity index (χ2v) is 10.2. The van der Waals surface area contributed by atoms with Gasteiger partial charge in [0.05, 0.1) is 23.0 Å². The molecule has 1 unspecified atom stereocenters. The van der Waals surface area contributed by atoms with Crippen LogP contribution in [0.5, 0.6) is 0 Å². The van der Waals surface area contributed by atoms with Gasteiger partial charge in [-0.1, -0.05) is 0 Å². The van der Waals surface area contributed by atoms with Crippen molar-refractivity contribution in [2.24, 2.45) is 5.92 Å². The lowest BCUT2D eigenvalue weighted by Gasteiger charge is -2.29. The third kappa shape index (κ3) is 4.38. The van der Waals surface area contributed by atoms with Gasteiger partial charge in [-0.25, -0.2) is 18.6 Å². The zero-order valence-electron chi connectivity index (χ0n) is 19.7. The Bertz CT molecular complexity index is 1220. The standard InChI is InChI=1S/C24H29F2N3O5/c1-13-17-20(29(15-5-6-15)11-16(22(17)31)23(32)33)19(26)21(18(13)25)27-8-7-14(9-27)10-28(12-30)34-24(2,3)4/h11-12,14-15H,5-10H2,1-4H3,(H,32,33). The zero-order valence-corrected chi connectivity index (χ0v) is 19.7. The average molecular weight is 478 g/mol. The number of hydrogen-bond donors (Lipinski definition) is 1. The molecule has 184 valence electrons. The average Bonchev–Trinajstić information content (AvgIpc) is 3.49. The van der Waals surface area contributed by atoms with Gasteiger partial charge in [0, 0.05) is 30.9 Å². The van der Waals surface area contributed by atoms with Crippen LogP contribution >= 0.6 is 0 Å². The second kappa shape index (κ2) is 8.65. The molecule has 2 fully saturated rings. The minimum Gasteiger partial charge on any atom is -0.477 e. The highest BCUT2D eigenvalue weighted by Gasteiger charge is 2.35. The molecule has 0 bridgehead atoms. The summed E-state index contributed by atoms with van der Waals surface area (Å²) in [6, 6.07) is -0.129. The van der Waals surface area contributed by atoms with Gasteiger partial charge >= 0.3 is 5.97 Å². The summed E-state index contributed by atoms with van der Waals surface area (Å²) in [7, 11) is 0. The smallest absolute Gasteiger partial charge is 0.341 e. The van der Waals surface area contributed by atoms with E-state index in [-0.39, 0.29) is 40.7 Å². The van der Waals surface area contributed by atoms with Crippen LogP contribution in [-0.2, 0) is 9.63 Å². The Kier molecular flexibility index (Phi) is 6.14. The van der Waals surface area contributed by atoms with E-state index >= 15 is 8.78 Å². The highest BCUT2D eigenvalue weighted by atomic mass is 19.1. The van der Waals surface area contributed by atoms with Crippen molar-refractivity contribution in [2.75, 3.05) is 24.5 Å². The quantitative estimate of drug-likeness (QED) is 0.484. The highest BCUT2D eigenvalue weighted by molar-refractivity contribution is 5.95. The summed E-state index contributed by atoms with van der Waals surface area (Å²) in [5, 5.41) is 10.4. The Balaban J connectivity index is 1.74. The van der Waals surface area contributed by atoms with Crippen molar-refractivity contribution in [1.29, 1.82) is 0 Å². The van der Waals surface area contributed by atoms with Crippen LogP contribution in [0.1, 0.15) is 62.0 Å². The van der Waals surface area contributed by atoms with E-state index in [2.05, 4.69) is 0 Å². The molecule has 1 saturated carbocycles. The lowest BCUT2D eigenvalue weighted by atomic mass is 10.0. The normalized spacial score (nSPS) is 18.5. The number of aromatic nitrogens is 1. The van der Waals surface area contributed by atoms with Gasteiger partial charge < -0.3 is 14.6 Å². The molecule has 0 radical (unpaired) electrons. The maximum atomic E-state index is 15.9. The summed E-state index contributed by atoms with van der Waals surface area (Å²) in [6.45, 7) is 7.79. The number of rotatable bonds is 7. The summed E-state index contributed by atoms with van der Waals surface area (Å²) >= 11 is 0.